The summed E-state index contributed by atoms with van der Waals surface area (Å²) in [7, 11) is 1.76. The van der Waals surface area contributed by atoms with Crippen LogP contribution in [0.1, 0.15) is 42.7 Å². The van der Waals surface area contributed by atoms with Crippen molar-refractivity contribution in [1.29, 1.82) is 0 Å². The second-order valence-corrected chi connectivity index (χ2v) is 10.5. The number of fused-ring (bicyclic) bond motifs is 1. The number of amides is 1. The molecule has 1 amide bonds. The van der Waals surface area contributed by atoms with Crippen molar-refractivity contribution in [2.24, 2.45) is 7.05 Å². The number of aryl methyl sites for hydroxylation is 1. The average molecular weight is 534 g/mol. The van der Waals surface area contributed by atoms with Gasteiger partial charge in [-0.2, -0.15) is 18.3 Å². The van der Waals surface area contributed by atoms with E-state index in [4.69, 9.17) is 9.47 Å². The van der Waals surface area contributed by atoms with E-state index >= 15 is 4.39 Å². The minimum absolute atomic E-state index is 0.0565. The van der Waals surface area contributed by atoms with E-state index in [9.17, 15) is 18.0 Å². The van der Waals surface area contributed by atoms with Crippen molar-refractivity contribution >= 4 is 17.2 Å². The Labute approximate surface area is 211 Å². The molecule has 1 aliphatic heterocycles. The van der Waals surface area contributed by atoms with Gasteiger partial charge in [0.2, 0.25) is 0 Å². The van der Waals surface area contributed by atoms with Gasteiger partial charge < -0.3 is 19.7 Å². The van der Waals surface area contributed by atoms with Crippen LogP contribution in [0.4, 0.5) is 17.6 Å². The van der Waals surface area contributed by atoms with E-state index in [-0.39, 0.29) is 23.7 Å². The first-order valence-corrected chi connectivity index (χ1v) is 12.9. The van der Waals surface area contributed by atoms with Gasteiger partial charge in [-0.1, -0.05) is 11.3 Å². The molecule has 2 aromatic rings. The second-order valence-electron chi connectivity index (χ2n) is 9.48. The summed E-state index contributed by atoms with van der Waals surface area (Å²) in [6, 6.07) is -0.0621. The molecule has 8 nitrogen and oxygen atoms in total. The van der Waals surface area contributed by atoms with Crippen LogP contribution in [-0.4, -0.2) is 76.3 Å². The fraction of sp³-hybridized carbons (Fsp3) is 0.696. The number of halogens is 4. The van der Waals surface area contributed by atoms with Crippen molar-refractivity contribution in [3.05, 3.63) is 23.0 Å². The van der Waals surface area contributed by atoms with E-state index in [0.717, 1.165) is 21.9 Å². The van der Waals surface area contributed by atoms with Crippen LogP contribution in [0.15, 0.2) is 12.4 Å². The van der Waals surface area contributed by atoms with E-state index in [1.807, 2.05) is 0 Å². The number of nitrogens with zero attached hydrogens (tertiary/aromatic N) is 4. The molecule has 0 unspecified atom stereocenters. The quantitative estimate of drug-likeness (QED) is 0.498. The number of thiazole rings is 1. The summed E-state index contributed by atoms with van der Waals surface area (Å²) in [5.74, 6) is 0.293. The lowest BCUT2D eigenvalue weighted by Gasteiger charge is -2.35. The molecule has 4 rings (SSSR count). The van der Waals surface area contributed by atoms with Gasteiger partial charge in [-0.3, -0.25) is 9.48 Å². The Morgan fingerprint density at radius 2 is 2.00 bits per heavy atom. The Hall–Kier alpha value is -2.41. The minimum Gasteiger partial charge on any atom is -0.480 e. The van der Waals surface area contributed by atoms with Crippen LogP contribution in [0.5, 0.6) is 10.9 Å². The van der Waals surface area contributed by atoms with Gasteiger partial charge in [-0.15, -0.1) is 0 Å². The van der Waals surface area contributed by atoms with E-state index in [1.165, 1.54) is 6.20 Å². The molecule has 3 heterocycles. The number of aromatic nitrogens is 3. The van der Waals surface area contributed by atoms with Crippen LogP contribution in [0.3, 0.4) is 0 Å². The lowest BCUT2D eigenvalue weighted by Crippen LogP contribution is -2.44. The van der Waals surface area contributed by atoms with Crippen LogP contribution in [-0.2, 0) is 24.7 Å². The maximum absolute atomic E-state index is 15.5. The summed E-state index contributed by atoms with van der Waals surface area (Å²) in [5.41, 5.74) is -0.486. The van der Waals surface area contributed by atoms with Crippen LogP contribution >= 0.6 is 11.3 Å². The fourth-order valence-electron chi connectivity index (χ4n) is 4.59. The number of alkyl halides is 4. The van der Waals surface area contributed by atoms with Crippen LogP contribution in [0, 0.1) is 0 Å². The third-order valence-electron chi connectivity index (χ3n) is 6.61. The Bertz CT molecular complexity index is 994. The molecule has 1 saturated carbocycles. The Morgan fingerprint density at radius 3 is 2.69 bits per heavy atom. The second kappa shape index (κ2) is 11.3. The third kappa shape index (κ3) is 7.79. The molecular formula is C23H31F4N5O3S. The van der Waals surface area contributed by atoms with E-state index in [1.54, 1.807) is 17.9 Å². The highest BCUT2D eigenvalue weighted by molar-refractivity contribution is 7.13. The predicted molar refractivity (Wildman–Crippen MR) is 125 cm³/mol. The summed E-state index contributed by atoms with van der Waals surface area (Å²) in [4.78, 5) is 19.5. The van der Waals surface area contributed by atoms with Gasteiger partial charge in [0.1, 0.15) is 5.67 Å². The fourth-order valence-corrected chi connectivity index (χ4v) is 5.54. The molecule has 1 fully saturated rings. The van der Waals surface area contributed by atoms with E-state index in [0.29, 0.717) is 70.3 Å². The molecule has 0 aromatic carbocycles. The predicted octanol–water partition coefficient (Wildman–Crippen LogP) is 3.45. The molecule has 36 heavy (non-hydrogen) atoms. The number of carbonyl (C=O) groups excluding carboxylic acids is 1. The standard InChI is InChI=1S/C23H31F4N5O3S/c1-31-13-17(12-28-31)34-14-20(33)29-16-2-6-22(24,7-3-16)8-11-32-9-4-18-19(5-10-32)36-21(30-18)35-15-23(25,26)27/h12-13,16H,2-11,14-15H2,1H3,(H,29,33)/t16-,22+. The largest absolute Gasteiger partial charge is 0.480 e. The summed E-state index contributed by atoms with van der Waals surface area (Å²) in [6.07, 6.45) is 2.46. The summed E-state index contributed by atoms with van der Waals surface area (Å²) in [5, 5.41) is 6.97. The zero-order valence-corrected chi connectivity index (χ0v) is 21.0. The van der Waals surface area contributed by atoms with Crippen molar-refractivity contribution in [1.82, 2.24) is 25.0 Å². The number of hydrogen-bond donors (Lipinski definition) is 1. The number of nitrogens with one attached hydrogen (secondary N) is 1. The van der Waals surface area contributed by atoms with Gasteiger partial charge in [0.05, 0.1) is 18.1 Å². The number of ether oxygens (including phenoxy) is 2. The zero-order chi connectivity index (χ0) is 25.8. The van der Waals surface area contributed by atoms with Crippen molar-refractivity contribution in [3.63, 3.8) is 0 Å². The number of rotatable bonds is 9. The average Bonchev–Trinajstić information content (AvgIpc) is 3.37. The smallest absolute Gasteiger partial charge is 0.422 e. The lowest BCUT2D eigenvalue weighted by molar-refractivity contribution is -0.153. The molecule has 1 N–H and O–H groups in total. The van der Waals surface area contributed by atoms with Gasteiger partial charge in [-0.25, -0.2) is 9.37 Å². The molecule has 200 valence electrons. The van der Waals surface area contributed by atoms with Crippen molar-refractivity contribution < 1.29 is 31.8 Å². The van der Waals surface area contributed by atoms with Gasteiger partial charge in [-0.05, 0) is 38.5 Å². The highest BCUT2D eigenvalue weighted by Crippen LogP contribution is 2.36. The number of hydrogen-bond acceptors (Lipinski definition) is 7. The van der Waals surface area contributed by atoms with Crippen molar-refractivity contribution in [2.45, 2.75) is 62.8 Å². The molecule has 2 aromatic heterocycles. The van der Waals surface area contributed by atoms with Gasteiger partial charge in [0, 0.05) is 44.0 Å². The summed E-state index contributed by atoms with van der Waals surface area (Å²) < 4.78 is 64.3. The molecule has 2 aliphatic rings. The zero-order valence-electron chi connectivity index (χ0n) is 20.2. The maximum Gasteiger partial charge on any atom is 0.422 e. The first kappa shape index (κ1) is 26.6. The third-order valence-corrected chi connectivity index (χ3v) is 7.68. The normalized spacial score (nSPS) is 23.1. The lowest BCUT2D eigenvalue weighted by atomic mass is 9.81. The number of carbonyl (C=O) groups is 1. The molecule has 0 radical (unpaired) electrons. The first-order chi connectivity index (χ1) is 17.1. The van der Waals surface area contributed by atoms with Crippen LogP contribution in [0.25, 0.3) is 0 Å². The topological polar surface area (TPSA) is 81.5 Å². The molecule has 0 atom stereocenters. The van der Waals surface area contributed by atoms with E-state index < -0.39 is 18.5 Å². The monoisotopic (exact) mass is 533 g/mol. The molecule has 13 heteroatoms. The van der Waals surface area contributed by atoms with Crippen LogP contribution in [0.2, 0.25) is 0 Å². The Kier molecular flexibility index (Phi) is 8.38. The van der Waals surface area contributed by atoms with Crippen LogP contribution < -0.4 is 14.8 Å². The summed E-state index contributed by atoms with van der Waals surface area (Å²) >= 11 is 1.16. The summed E-state index contributed by atoms with van der Waals surface area (Å²) in [6.45, 7) is 0.557. The van der Waals surface area contributed by atoms with Gasteiger partial charge in [0.25, 0.3) is 11.1 Å². The molecule has 1 aliphatic carbocycles. The molecule has 0 bridgehead atoms. The Morgan fingerprint density at radius 1 is 1.25 bits per heavy atom. The first-order valence-electron chi connectivity index (χ1n) is 12.1. The highest BCUT2D eigenvalue weighted by Gasteiger charge is 2.36. The molecule has 0 spiro atoms. The van der Waals surface area contributed by atoms with Crippen molar-refractivity contribution in [3.8, 4) is 10.9 Å². The minimum atomic E-state index is -4.39. The SMILES string of the molecule is Cn1cc(OCC(=O)N[C@H]2CC[C@](F)(CCN3CCc4nc(OCC(F)(F)F)sc4CC3)CC2)cn1. The van der Waals surface area contributed by atoms with Gasteiger partial charge >= 0.3 is 6.18 Å². The Balaban J connectivity index is 1.15. The maximum atomic E-state index is 15.5. The highest BCUT2D eigenvalue weighted by atomic mass is 32.1. The van der Waals surface area contributed by atoms with Crippen molar-refractivity contribution in [2.75, 3.05) is 32.8 Å². The molecule has 0 saturated heterocycles. The molecular weight excluding hydrogens is 502 g/mol. The van der Waals surface area contributed by atoms with E-state index in [2.05, 4.69) is 20.3 Å². The van der Waals surface area contributed by atoms with Gasteiger partial charge in [0.15, 0.2) is 19.0 Å².